The van der Waals surface area contributed by atoms with Crippen molar-refractivity contribution in [3.05, 3.63) is 95.1 Å². The molecule has 0 fully saturated rings. The fraction of sp³-hybridized carbons (Fsp3) is 0.294. The third kappa shape index (κ3) is 7.51. The summed E-state index contributed by atoms with van der Waals surface area (Å²) in [4.78, 5) is 0. The van der Waals surface area contributed by atoms with E-state index in [1.807, 2.05) is 0 Å². The Labute approximate surface area is 245 Å². The number of rotatable bonds is 13. The summed E-state index contributed by atoms with van der Waals surface area (Å²) >= 11 is 0. The van der Waals surface area contributed by atoms with Crippen LogP contribution < -0.4 is 0 Å². The highest BCUT2D eigenvalue weighted by Gasteiger charge is 2.23. The highest BCUT2D eigenvalue weighted by Crippen LogP contribution is 2.43. The predicted octanol–water partition coefficient (Wildman–Crippen LogP) is 7.42. The SMILES string of the molecule is Oc1ccc(C(CCCCCCCCC(c2ccc(O)cc2O)c2ccc(O)cc2O)c2ccc(O)cc2O)c(O)c1. The first-order chi connectivity index (χ1) is 20.1. The average Bonchev–Trinajstić information content (AvgIpc) is 2.92. The van der Waals surface area contributed by atoms with Crippen LogP contribution in [0.5, 0.6) is 46.0 Å². The Kier molecular flexibility index (Phi) is 9.91. The van der Waals surface area contributed by atoms with E-state index in [1.54, 1.807) is 24.3 Å². The number of phenolic OH excluding ortho intramolecular Hbond substituents is 8. The Morgan fingerprint density at radius 2 is 0.571 bits per heavy atom. The van der Waals surface area contributed by atoms with Gasteiger partial charge in [0.1, 0.15) is 46.0 Å². The van der Waals surface area contributed by atoms with Crippen molar-refractivity contribution in [2.75, 3.05) is 0 Å². The van der Waals surface area contributed by atoms with Crippen LogP contribution in [0.3, 0.4) is 0 Å². The third-order valence-corrected chi connectivity index (χ3v) is 7.79. The minimum Gasteiger partial charge on any atom is -0.508 e. The fourth-order valence-electron chi connectivity index (χ4n) is 5.67. The van der Waals surface area contributed by atoms with Crippen molar-refractivity contribution in [3.63, 3.8) is 0 Å². The van der Waals surface area contributed by atoms with Gasteiger partial charge in [-0.1, -0.05) is 62.8 Å². The van der Waals surface area contributed by atoms with Crippen LogP contribution in [0.15, 0.2) is 72.8 Å². The lowest BCUT2D eigenvalue weighted by Crippen LogP contribution is -2.03. The summed E-state index contributed by atoms with van der Waals surface area (Å²) in [6.45, 7) is 0. The van der Waals surface area contributed by atoms with Gasteiger partial charge in [0.25, 0.3) is 0 Å². The number of aromatic hydroxyl groups is 8. The molecule has 0 radical (unpaired) electrons. The molecule has 0 aliphatic carbocycles. The summed E-state index contributed by atoms with van der Waals surface area (Å²) in [5, 5.41) is 80.9. The monoisotopic (exact) mass is 574 g/mol. The zero-order valence-electron chi connectivity index (χ0n) is 23.3. The highest BCUT2D eigenvalue weighted by atomic mass is 16.3. The minimum absolute atomic E-state index is 0.0478. The smallest absolute Gasteiger partial charge is 0.123 e. The quantitative estimate of drug-likeness (QED) is 0.0765. The number of unbranched alkanes of at least 4 members (excludes halogenated alkanes) is 5. The molecule has 0 bridgehead atoms. The molecule has 0 aliphatic heterocycles. The van der Waals surface area contributed by atoms with Gasteiger partial charge in [-0.25, -0.2) is 0 Å². The van der Waals surface area contributed by atoms with Crippen LogP contribution in [0, 0.1) is 0 Å². The van der Waals surface area contributed by atoms with E-state index in [9.17, 15) is 40.9 Å². The van der Waals surface area contributed by atoms with Crippen molar-refractivity contribution in [1.29, 1.82) is 0 Å². The first kappa shape index (κ1) is 30.2. The van der Waals surface area contributed by atoms with Crippen molar-refractivity contribution in [2.24, 2.45) is 0 Å². The predicted molar refractivity (Wildman–Crippen MR) is 160 cm³/mol. The van der Waals surface area contributed by atoms with Crippen LogP contribution in [0.1, 0.15) is 85.5 Å². The summed E-state index contributed by atoms with van der Waals surface area (Å²) in [6.07, 6.45) is 6.75. The Morgan fingerprint density at radius 3 is 0.810 bits per heavy atom. The van der Waals surface area contributed by atoms with Gasteiger partial charge in [-0.05, 0) is 37.1 Å². The van der Waals surface area contributed by atoms with E-state index in [2.05, 4.69) is 0 Å². The van der Waals surface area contributed by atoms with Crippen molar-refractivity contribution in [1.82, 2.24) is 0 Å². The standard InChI is InChI=1S/C34H38O8/c35-21-9-13-27(31(39)17-21)25(28-14-10-22(36)18-32(28)40)7-5-3-1-2-4-6-8-26(29-15-11-23(37)19-33(29)41)30-16-12-24(38)20-34(30)42/h9-20,25-26,35-42H,1-8H2. The van der Waals surface area contributed by atoms with Crippen LogP contribution in [-0.2, 0) is 0 Å². The van der Waals surface area contributed by atoms with Gasteiger partial charge in [-0.2, -0.15) is 0 Å². The van der Waals surface area contributed by atoms with E-state index in [-0.39, 0.29) is 57.8 Å². The third-order valence-electron chi connectivity index (χ3n) is 7.79. The van der Waals surface area contributed by atoms with Crippen LogP contribution in [0.4, 0.5) is 0 Å². The number of hydrogen-bond acceptors (Lipinski definition) is 8. The molecule has 8 heteroatoms. The van der Waals surface area contributed by atoms with Gasteiger partial charge < -0.3 is 40.9 Å². The first-order valence-corrected chi connectivity index (χ1v) is 14.2. The van der Waals surface area contributed by atoms with Gasteiger partial charge in [0, 0.05) is 58.4 Å². The largest absolute Gasteiger partial charge is 0.508 e. The number of benzene rings is 4. The Hall–Kier alpha value is -4.72. The molecule has 4 rings (SSSR count). The molecule has 0 spiro atoms. The molecular weight excluding hydrogens is 536 g/mol. The van der Waals surface area contributed by atoms with Crippen LogP contribution in [0.2, 0.25) is 0 Å². The molecule has 0 aromatic heterocycles. The molecule has 4 aromatic carbocycles. The highest BCUT2D eigenvalue weighted by molar-refractivity contribution is 5.51. The van der Waals surface area contributed by atoms with Crippen LogP contribution >= 0.6 is 0 Å². The molecule has 0 atom stereocenters. The Bertz CT molecular complexity index is 1280. The second-order valence-electron chi connectivity index (χ2n) is 10.8. The van der Waals surface area contributed by atoms with Gasteiger partial charge in [0.05, 0.1) is 0 Å². The number of hydrogen-bond donors (Lipinski definition) is 8. The molecule has 0 amide bonds. The molecule has 222 valence electrons. The molecule has 8 nitrogen and oxygen atoms in total. The van der Waals surface area contributed by atoms with Crippen molar-refractivity contribution < 1.29 is 40.9 Å². The second-order valence-corrected chi connectivity index (χ2v) is 10.8. The molecule has 8 N–H and O–H groups in total. The van der Waals surface area contributed by atoms with Gasteiger partial charge in [-0.15, -0.1) is 0 Å². The zero-order chi connectivity index (χ0) is 30.2. The van der Waals surface area contributed by atoms with E-state index < -0.39 is 0 Å². The maximum atomic E-state index is 10.5. The summed E-state index contributed by atoms with van der Waals surface area (Å²) in [5.74, 6) is -1.04. The van der Waals surface area contributed by atoms with Crippen molar-refractivity contribution >= 4 is 0 Å². The van der Waals surface area contributed by atoms with Crippen LogP contribution in [-0.4, -0.2) is 40.9 Å². The zero-order valence-corrected chi connectivity index (χ0v) is 23.3. The van der Waals surface area contributed by atoms with Crippen molar-refractivity contribution in [3.8, 4) is 46.0 Å². The lowest BCUT2D eigenvalue weighted by Gasteiger charge is -2.21. The topological polar surface area (TPSA) is 162 Å². The molecule has 0 saturated carbocycles. The lowest BCUT2D eigenvalue weighted by molar-refractivity contribution is 0.428. The normalized spacial score (nSPS) is 11.4. The van der Waals surface area contributed by atoms with Crippen molar-refractivity contribution in [2.45, 2.75) is 63.2 Å². The fourth-order valence-corrected chi connectivity index (χ4v) is 5.67. The summed E-state index contributed by atoms with van der Waals surface area (Å²) < 4.78 is 0. The van der Waals surface area contributed by atoms with Gasteiger partial charge in [0.15, 0.2) is 0 Å². The van der Waals surface area contributed by atoms with Gasteiger partial charge in [-0.3, -0.25) is 0 Å². The van der Waals surface area contributed by atoms with E-state index in [0.717, 1.165) is 38.5 Å². The van der Waals surface area contributed by atoms with E-state index >= 15 is 0 Å². The van der Waals surface area contributed by atoms with E-state index in [0.29, 0.717) is 35.1 Å². The second kappa shape index (κ2) is 13.8. The first-order valence-electron chi connectivity index (χ1n) is 14.2. The molecule has 0 unspecified atom stereocenters. The minimum atomic E-state index is -0.317. The maximum absolute atomic E-state index is 10.5. The van der Waals surface area contributed by atoms with Crippen LogP contribution in [0.25, 0.3) is 0 Å². The lowest BCUT2D eigenvalue weighted by atomic mass is 9.85. The number of phenols is 8. The van der Waals surface area contributed by atoms with E-state index in [1.165, 1.54) is 48.5 Å². The maximum Gasteiger partial charge on any atom is 0.123 e. The molecular formula is C34H38O8. The molecule has 0 heterocycles. The molecule has 0 aliphatic rings. The Balaban J connectivity index is 1.33. The summed E-state index contributed by atoms with van der Waals surface area (Å²) in [6, 6.07) is 17.7. The average molecular weight is 575 g/mol. The summed E-state index contributed by atoms with van der Waals surface area (Å²) in [5.41, 5.74) is 2.37. The van der Waals surface area contributed by atoms with Gasteiger partial charge >= 0.3 is 0 Å². The van der Waals surface area contributed by atoms with Gasteiger partial charge in [0.2, 0.25) is 0 Å². The van der Waals surface area contributed by atoms with E-state index in [4.69, 9.17) is 0 Å². The Morgan fingerprint density at radius 1 is 0.333 bits per heavy atom. The summed E-state index contributed by atoms with van der Waals surface area (Å²) in [7, 11) is 0. The molecule has 4 aromatic rings. The molecule has 0 saturated heterocycles. The molecule has 42 heavy (non-hydrogen) atoms.